The van der Waals surface area contributed by atoms with Crippen molar-refractivity contribution in [3.05, 3.63) is 90.5 Å². The van der Waals surface area contributed by atoms with Gasteiger partial charge in [-0.15, -0.1) is 11.3 Å². The Bertz CT molecular complexity index is 1560. The molecule has 0 radical (unpaired) electrons. The Morgan fingerprint density at radius 2 is 1.86 bits per heavy atom. The Hall–Kier alpha value is -4.29. The Morgan fingerprint density at radius 1 is 1.17 bits per heavy atom. The molecule has 0 saturated heterocycles. The van der Waals surface area contributed by atoms with E-state index in [1.807, 2.05) is 12.1 Å². The van der Waals surface area contributed by atoms with Crippen LogP contribution in [-0.4, -0.2) is 31.4 Å². The Balaban J connectivity index is 2.08. The molecule has 8 nitrogen and oxygen atoms in total. The molecule has 0 bridgehead atoms. The van der Waals surface area contributed by atoms with E-state index in [0.29, 0.717) is 26.3 Å². The number of methoxy groups -OCH3 is 2. The molecule has 1 aliphatic heterocycles. The van der Waals surface area contributed by atoms with E-state index in [1.54, 1.807) is 56.5 Å². The maximum Gasteiger partial charge on any atom is 0.343 e. The summed E-state index contributed by atoms with van der Waals surface area (Å²) < 4.78 is 18.0. The number of nitriles is 1. The molecule has 178 valence electrons. The molecule has 2 aromatic carbocycles. The number of esters is 1. The van der Waals surface area contributed by atoms with Crippen molar-refractivity contribution >= 4 is 29.0 Å². The number of aromatic nitrogens is 1. The first kappa shape index (κ1) is 23.9. The maximum atomic E-state index is 13.7. The van der Waals surface area contributed by atoms with E-state index in [1.165, 1.54) is 11.7 Å². The maximum absolute atomic E-state index is 13.7. The summed E-state index contributed by atoms with van der Waals surface area (Å²) >= 11 is 1.12. The smallest absolute Gasteiger partial charge is 0.343 e. The van der Waals surface area contributed by atoms with Crippen molar-refractivity contribution in [1.82, 2.24) is 4.57 Å². The van der Waals surface area contributed by atoms with Crippen LogP contribution in [0.5, 0.6) is 11.5 Å². The van der Waals surface area contributed by atoms with Crippen LogP contribution in [0, 0.1) is 11.3 Å². The van der Waals surface area contributed by atoms with Crippen LogP contribution in [0.3, 0.4) is 0 Å². The highest BCUT2D eigenvalue weighted by molar-refractivity contribution is 7.07. The quantitative estimate of drug-likeness (QED) is 0.525. The second kappa shape index (κ2) is 9.91. The fourth-order valence-electron chi connectivity index (χ4n) is 3.96. The first-order valence-corrected chi connectivity index (χ1v) is 11.6. The average Bonchev–Trinajstić information content (AvgIpc) is 3.18. The topological polar surface area (TPSA) is 117 Å². The Morgan fingerprint density at radius 3 is 2.51 bits per heavy atom. The standard InChI is InChI=1S/C26H23N3O5S/c1-4-34-26(31)21-22(28)19(14-27)23(16-8-6-10-18(13-16)33-3)29-24(30)20(35-25(21)29)12-15-7-5-9-17(11-15)32-2/h5-13,23H,4,28H2,1-3H3/b20-12+/t23-/m1/s1. The van der Waals surface area contributed by atoms with Gasteiger partial charge in [-0.05, 0) is 48.4 Å². The molecular weight excluding hydrogens is 466 g/mol. The molecule has 1 aliphatic rings. The number of rotatable bonds is 6. The van der Waals surface area contributed by atoms with E-state index in [9.17, 15) is 14.9 Å². The summed E-state index contributed by atoms with van der Waals surface area (Å²) in [6, 6.07) is 15.6. The van der Waals surface area contributed by atoms with Crippen LogP contribution >= 0.6 is 11.3 Å². The van der Waals surface area contributed by atoms with E-state index in [2.05, 4.69) is 6.07 Å². The van der Waals surface area contributed by atoms with Crippen molar-refractivity contribution in [3.8, 4) is 17.6 Å². The number of benzene rings is 2. The number of carbonyl (C=O) groups excluding carboxylic acids is 1. The molecule has 2 heterocycles. The van der Waals surface area contributed by atoms with Crippen LogP contribution in [0.4, 0.5) is 0 Å². The molecule has 1 aromatic heterocycles. The van der Waals surface area contributed by atoms with Crippen molar-refractivity contribution in [3.63, 3.8) is 0 Å². The van der Waals surface area contributed by atoms with Gasteiger partial charge in [-0.3, -0.25) is 9.36 Å². The molecule has 0 spiro atoms. The van der Waals surface area contributed by atoms with Gasteiger partial charge in [0.1, 0.15) is 27.8 Å². The van der Waals surface area contributed by atoms with Gasteiger partial charge < -0.3 is 19.9 Å². The monoisotopic (exact) mass is 489 g/mol. The molecule has 1 atom stereocenters. The van der Waals surface area contributed by atoms with Gasteiger partial charge >= 0.3 is 5.97 Å². The van der Waals surface area contributed by atoms with E-state index < -0.39 is 12.0 Å². The van der Waals surface area contributed by atoms with Crippen molar-refractivity contribution in [2.24, 2.45) is 5.73 Å². The van der Waals surface area contributed by atoms with Crippen LogP contribution in [0.2, 0.25) is 0 Å². The number of hydrogen-bond acceptors (Lipinski definition) is 8. The van der Waals surface area contributed by atoms with Gasteiger partial charge in [0, 0.05) is 0 Å². The van der Waals surface area contributed by atoms with Crippen molar-refractivity contribution in [1.29, 1.82) is 5.26 Å². The molecule has 35 heavy (non-hydrogen) atoms. The summed E-state index contributed by atoms with van der Waals surface area (Å²) in [6.45, 7) is 1.80. The summed E-state index contributed by atoms with van der Waals surface area (Å²) in [6.07, 6.45) is 1.72. The Kier molecular flexibility index (Phi) is 6.75. The summed E-state index contributed by atoms with van der Waals surface area (Å²) in [5.41, 5.74) is 7.48. The number of ether oxygens (including phenoxy) is 3. The molecule has 0 amide bonds. The zero-order valence-electron chi connectivity index (χ0n) is 19.4. The summed E-state index contributed by atoms with van der Waals surface area (Å²) in [5.74, 6) is 0.516. The summed E-state index contributed by atoms with van der Waals surface area (Å²) in [7, 11) is 3.10. The number of carbonyl (C=O) groups is 1. The van der Waals surface area contributed by atoms with E-state index >= 15 is 0 Å². The molecule has 0 aliphatic carbocycles. The SMILES string of the molecule is CCOC(=O)C1=c2s/c(=C/c3cccc(OC)c3)c(=O)n2[C@H](c2cccc(OC)c2)C(C#N)=C1N. The summed E-state index contributed by atoms with van der Waals surface area (Å²) in [4.78, 5) is 26.6. The highest BCUT2D eigenvalue weighted by Crippen LogP contribution is 2.32. The van der Waals surface area contributed by atoms with Crippen LogP contribution in [-0.2, 0) is 9.53 Å². The van der Waals surface area contributed by atoms with Crippen molar-refractivity contribution in [2.75, 3.05) is 20.8 Å². The molecule has 0 fully saturated rings. The lowest BCUT2D eigenvalue weighted by Gasteiger charge is -2.25. The second-order valence-corrected chi connectivity index (χ2v) is 8.61. The molecule has 3 aromatic rings. The van der Waals surface area contributed by atoms with Crippen molar-refractivity contribution in [2.45, 2.75) is 13.0 Å². The van der Waals surface area contributed by atoms with Gasteiger partial charge in [0.15, 0.2) is 0 Å². The number of nitrogens with two attached hydrogens (primary N) is 1. The number of fused-ring (bicyclic) bond motifs is 1. The van der Waals surface area contributed by atoms with Crippen LogP contribution in [0.1, 0.15) is 24.1 Å². The molecular formula is C26H23N3O5S. The number of thiazole rings is 1. The number of hydrogen-bond donors (Lipinski definition) is 1. The van der Waals surface area contributed by atoms with Crippen LogP contribution < -0.4 is 30.0 Å². The fraction of sp³-hybridized carbons (Fsp3) is 0.192. The first-order valence-electron chi connectivity index (χ1n) is 10.8. The lowest BCUT2D eigenvalue weighted by Crippen LogP contribution is -2.41. The van der Waals surface area contributed by atoms with E-state index in [4.69, 9.17) is 19.9 Å². The van der Waals surface area contributed by atoms with E-state index in [-0.39, 0.29) is 29.0 Å². The van der Waals surface area contributed by atoms with Crippen LogP contribution in [0.25, 0.3) is 11.6 Å². The molecule has 2 N–H and O–H groups in total. The fourth-order valence-corrected chi connectivity index (χ4v) is 5.13. The third kappa shape index (κ3) is 4.32. The minimum Gasteiger partial charge on any atom is -0.497 e. The van der Waals surface area contributed by atoms with Gasteiger partial charge in [-0.1, -0.05) is 24.3 Å². The van der Waals surface area contributed by atoms with Crippen molar-refractivity contribution < 1.29 is 19.0 Å². The highest BCUT2D eigenvalue weighted by Gasteiger charge is 2.34. The highest BCUT2D eigenvalue weighted by atomic mass is 32.1. The zero-order chi connectivity index (χ0) is 25.1. The first-order chi connectivity index (χ1) is 16.9. The third-order valence-electron chi connectivity index (χ3n) is 5.56. The van der Waals surface area contributed by atoms with Gasteiger partial charge in [0.25, 0.3) is 5.56 Å². The number of allylic oxidation sites excluding steroid dienone is 1. The lowest BCUT2D eigenvalue weighted by atomic mass is 9.93. The predicted octanol–water partition coefficient (Wildman–Crippen LogP) is 1.81. The molecule has 4 rings (SSSR count). The molecule has 0 saturated carbocycles. The van der Waals surface area contributed by atoms with E-state index in [0.717, 1.165) is 16.9 Å². The van der Waals surface area contributed by atoms with Gasteiger partial charge in [-0.25, -0.2) is 4.79 Å². The van der Waals surface area contributed by atoms with Gasteiger partial charge in [0.05, 0.1) is 42.7 Å². The zero-order valence-corrected chi connectivity index (χ0v) is 20.2. The number of nitrogens with zero attached hydrogens (tertiary/aromatic N) is 2. The minimum atomic E-state index is -0.834. The largest absolute Gasteiger partial charge is 0.497 e. The average molecular weight is 490 g/mol. The molecule has 0 unspecified atom stereocenters. The van der Waals surface area contributed by atoms with Crippen LogP contribution in [0.15, 0.2) is 64.6 Å². The minimum absolute atomic E-state index is 0.00653. The predicted molar refractivity (Wildman–Crippen MR) is 132 cm³/mol. The third-order valence-corrected chi connectivity index (χ3v) is 6.67. The molecule has 9 heteroatoms. The lowest BCUT2D eigenvalue weighted by molar-refractivity contribution is -0.136. The summed E-state index contributed by atoms with van der Waals surface area (Å²) in [5, 5.41) is 10.0. The second-order valence-electron chi connectivity index (χ2n) is 7.58. The van der Waals surface area contributed by atoms with Gasteiger partial charge in [-0.2, -0.15) is 5.26 Å². The van der Waals surface area contributed by atoms with Gasteiger partial charge in [0.2, 0.25) is 0 Å². The normalized spacial score (nSPS) is 15.4. The Labute approximate surface area is 205 Å².